The van der Waals surface area contributed by atoms with Crippen LogP contribution in [-0.4, -0.2) is 59.5 Å². The van der Waals surface area contributed by atoms with Crippen LogP contribution in [0.15, 0.2) is 36.0 Å². The molecule has 0 unspecified atom stereocenters. The van der Waals surface area contributed by atoms with Crippen LogP contribution in [0.2, 0.25) is 0 Å². The van der Waals surface area contributed by atoms with E-state index < -0.39 is 17.8 Å². The third-order valence-corrected chi connectivity index (χ3v) is 6.35. The topological polar surface area (TPSA) is 110 Å². The summed E-state index contributed by atoms with van der Waals surface area (Å²) in [5.41, 5.74) is 1.38. The van der Waals surface area contributed by atoms with Crippen molar-refractivity contribution in [3.8, 4) is 0 Å². The average Bonchev–Trinajstić information content (AvgIpc) is 3.17. The van der Waals surface area contributed by atoms with E-state index in [0.717, 1.165) is 49.4 Å². The number of imide groups is 2. The molecule has 2 aromatic rings. The fourth-order valence-electron chi connectivity index (χ4n) is 4.67. The molecule has 0 atom stereocenters. The minimum atomic E-state index is -0.699. The molecule has 2 heterocycles. The van der Waals surface area contributed by atoms with Crippen molar-refractivity contribution in [1.29, 1.82) is 0 Å². The van der Waals surface area contributed by atoms with Gasteiger partial charge in [0.25, 0.3) is 11.8 Å². The summed E-state index contributed by atoms with van der Waals surface area (Å²) in [6.45, 7) is 1.19. The Bertz CT molecular complexity index is 1130. The molecule has 0 radical (unpaired) electrons. The van der Waals surface area contributed by atoms with Gasteiger partial charge in [-0.1, -0.05) is 37.5 Å². The van der Waals surface area contributed by atoms with Crippen LogP contribution in [0.4, 0.5) is 4.79 Å². The van der Waals surface area contributed by atoms with Gasteiger partial charge in [-0.05, 0) is 31.4 Å². The van der Waals surface area contributed by atoms with Crippen LogP contribution in [0.1, 0.15) is 44.1 Å². The van der Waals surface area contributed by atoms with Crippen LogP contribution in [0, 0.1) is 0 Å². The summed E-state index contributed by atoms with van der Waals surface area (Å²) in [6, 6.07) is 6.65. The van der Waals surface area contributed by atoms with Crippen molar-refractivity contribution in [3.05, 3.63) is 41.6 Å². The second kappa shape index (κ2) is 10.6. The van der Waals surface area contributed by atoms with Gasteiger partial charge in [0.1, 0.15) is 12.1 Å². The van der Waals surface area contributed by atoms with Crippen molar-refractivity contribution in [1.82, 2.24) is 20.1 Å². The largest absolute Gasteiger partial charge is 0.385 e. The molecule has 9 heteroatoms. The van der Waals surface area contributed by atoms with Gasteiger partial charge in [0.2, 0.25) is 5.91 Å². The van der Waals surface area contributed by atoms with E-state index in [1.807, 2.05) is 24.3 Å². The third-order valence-electron chi connectivity index (χ3n) is 6.35. The van der Waals surface area contributed by atoms with E-state index in [2.05, 4.69) is 10.6 Å². The highest BCUT2D eigenvalue weighted by atomic mass is 16.5. The molecule has 1 aromatic carbocycles. The monoisotopic (exact) mass is 466 g/mol. The predicted octanol–water partition coefficient (Wildman–Crippen LogP) is 2.59. The molecule has 180 valence electrons. The Labute approximate surface area is 198 Å². The molecule has 1 aromatic heterocycles. The molecule has 2 aliphatic rings. The Morgan fingerprint density at radius 1 is 1.18 bits per heavy atom. The number of hydrogen-bond donors (Lipinski definition) is 2. The quantitative estimate of drug-likeness (QED) is 0.353. The van der Waals surface area contributed by atoms with Crippen LogP contribution in [0.5, 0.6) is 0 Å². The fraction of sp³-hybridized carbons (Fsp3) is 0.440. The standard InChI is InChI=1S/C25H30N4O5/c1-34-13-7-12-26-22(30)16-28-15-17(19-10-5-6-11-21(19)28)14-20-23(31)27-25(33)29(24(20)32)18-8-3-2-4-9-18/h5-6,10-11,14-15,18H,2-4,7-9,12-13,16H2,1H3,(H,26,30)(H,27,31,33)/b20-14+. The molecule has 1 saturated carbocycles. The Kier molecular flexibility index (Phi) is 7.42. The molecule has 2 N–H and O–H groups in total. The lowest BCUT2D eigenvalue weighted by molar-refractivity contribution is -0.132. The average molecular weight is 467 g/mol. The maximum Gasteiger partial charge on any atom is 0.331 e. The highest BCUT2D eigenvalue weighted by molar-refractivity contribution is 6.31. The van der Waals surface area contributed by atoms with Gasteiger partial charge in [0.15, 0.2) is 0 Å². The van der Waals surface area contributed by atoms with Crippen molar-refractivity contribution in [2.24, 2.45) is 0 Å². The van der Waals surface area contributed by atoms with E-state index in [-0.39, 0.29) is 24.1 Å². The zero-order chi connectivity index (χ0) is 24.1. The number of carbonyl (C=O) groups is 4. The van der Waals surface area contributed by atoms with Gasteiger partial charge in [0.05, 0.1) is 0 Å². The summed E-state index contributed by atoms with van der Waals surface area (Å²) >= 11 is 0. The number of hydrogen-bond acceptors (Lipinski definition) is 5. The van der Waals surface area contributed by atoms with E-state index in [1.54, 1.807) is 17.9 Å². The van der Waals surface area contributed by atoms with Crippen LogP contribution in [0.25, 0.3) is 17.0 Å². The van der Waals surface area contributed by atoms with Gasteiger partial charge in [-0.2, -0.15) is 0 Å². The molecule has 1 aliphatic carbocycles. The molecule has 34 heavy (non-hydrogen) atoms. The SMILES string of the molecule is COCCCNC(=O)Cn1cc(/C=C2\C(=O)NC(=O)N(C3CCCCC3)C2=O)c2ccccc21. The van der Waals surface area contributed by atoms with E-state index in [0.29, 0.717) is 18.7 Å². The van der Waals surface area contributed by atoms with Crippen molar-refractivity contribution in [3.63, 3.8) is 0 Å². The third kappa shape index (κ3) is 5.04. The van der Waals surface area contributed by atoms with E-state index in [4.69, 9.17) is 4.74 Å². The summed E-state index contributed by atoms with van der Waals surface area (Å²) < 4.78 is 6.79. The van der Waals surface area contributed by atoms with E-state index >= 15 is 0 Å². The van der Waals surface area contributed by atoms with Crippen LogP contribution >= 0.6 is 0 Å². The maximum absolute atomic E-state index is 13.2. The van der Waals surface area contributed by atoms with Gasteiger partial charge in [-0.25, -0.2) is 4.79 Å². The smallest absolute Gasteiger partial charge is 0.331 e. The number of nitrogens with zero attached hydrogens (tertiary/aromatic N) is 2. The van der Waals surface area contributed by atoms with Crippen molar-refractivity contribution in [2.45, 2.75) is 51.1 Å². The highest BCUT2D eigenvalue weighted by Gasteiger charge is 2.40. The Balaban J connectivity index is 1.60. The number of nitrogens with one attached hydrogen (secondary N) is 2. The van der Waals surface area contributed by atoms with E-state index in [1.165, 1.54) is 11.0 Å². The second-order valence-corrected chi connectivity index (χ2v) is 8.71. The lowest BCUT2D eigenvalue weighted by Crippen LogP contribution is -2.58. The summed E-state index contributed by atoms with van der Waals surface area (Å²) in [7, 11) is 1.62. The number of amides is 5. The number of ether oxygens (including phenoxy) is 1. The van der Waals surface area contributed by atoms with Crippen molar-refractivity contribution >= 4 is 40.7 Å². The summed E-state index contributed by atoms with van der Waals surface area (Å²) in [5.74, 6) is -1.40. The number of barbiturate groups is 1. The molecule has 1 aliphatic heterocycles. The number of carbonyl (C=O) groups excluding carboxylic acids is 4. The molecule has 0 bridgehead atoms. The fourth-order valence-corrected chi connectivity index (χ4v) is 4.67. The Morgan fingerprint density at radius 3 is 2.71 bits per heavy atom. The minimum absolute atomic E-state index is 0.0721. The predicted molar refractivity (Wildman–Crippen MR) is 127 cm³/mol. The number of rotatable bonds is 8. The molecular weight excluding hydrogens is 436 g/mol. The lowest BCUT2D eigenvalue weighted by Gasteiger charge is -2.35. The summed E-state index contributed by atoms with van der Waals surface area (Å²) in [4.78, 5) is 51.9. The number of urea groups is 1. The van der Waals surface area contributed by atoms with Crippen LogP contribution in [0.3, 0.4) is 0 Å². The van der Waals surface area contributed by atoms with Crippen molar-refractivity contribution in [2.75, 3.05) is 20.3 Å². The summed E-state index contributed by atoms with van der Waals surface area (Å²) in [6.07, 6.45) is 8.49. The number of methoxy groups -OCH3 is 1. The number of para-hydroxylation sites is 1. The molecule has 0 spiro atoms. The van der Waals surface area contributed by atoms with Gasteiger partial charge >= 0.3 is 6.03 Å². The van der Waals surface area contributed by atoms with Crippen LogP contribution in [-0.2, 0) is 25.7 Å². The zero-order valence-corrected chi connectivity index (χ0v) is 19.3. The number of benzene rings is 1. The second-order valence-electron chi connectivity index (χ2n) is 8.71. The molecular formula is C25H30N4O5. The van der Waals surface area contributed by atoms with E-state index in [9.17, 15) is 19.2 Å². The van der Waals surface area contributed by atoms with Gasteiger partial charge in [0, 0.05) is 49.0 Å². The van der Waals surface area contributed by atoms with Gasteiger partial charge in [-0.3, -0.25) is 24.6 Å². The summed E-state index contributed by atoms with van der Waals surface area (Å²) in [5, 5.41) is 6.00. The number of aromatic nitrogens is 1. The maximum atomic E-state index is 13.2. The Hall–Kier alpha value is -3.46. The molecule has 2 fully saturated rings. The minimum Gasteiger partial charge on any atom is -0.385 e. The molecule has 1 saturated heterocycles. The normalized spacial score (nSPS) is 18.6. The van der Waals surface area contributed by atoms with Crippen LogP contribution < -0.4 is 10.6 Å². The Morgan fingerprint density at radius 2 is 1.94 bits per heavy atom. The molecule has 4 rings (SSSR count). The van der Waals surface area contributed by atoms with Crippen molar-refractivity contribution < 1.29 is 23.9 Å². The first-order chi connectivity index (χ1) is 16.5. The zero-order valence-electron chi connectivity index (χ0n) is 19.3. The lowest BCUT2D eigenvalue weighted by atomic mass is 9.93. The first kappa shape index (κ1) is 23.7. The van der Waals surface area contributed by atoms with Gasteiger partial charge < -0.3 is 14.6 Å². The van der Waals surface area contributed by atoms with Gasteiger partial charge in [-0.15, -0.1) is 0 Å². The number of fused-ring (bicyclic) bond motifs is 1. The molecule has 5 amide bonds. The first-order valence-electron chi connectivity index (χ1n) is 11.7. The first-order valence-corrected chi connectivity index (χ1v) is 11.7. The molecule has 9 nitrogen and oxygen atoms in total. The highest BCUT2D eigenvalue weighted by Crippen LogP contribution is 2.28.